The van der Waals surface area contributed by atoms with Crippen molar-refractivity contribution in [3.8, 4) is 22.3 Å². The minimum Gasteiger partial charge on any atom is -0.314 e. The SMILES string of the molecule is CC1=Nc2ccc(-c3ccc4nccc(-c5ccncc5)c4c3)cc2SN1. The summed E-state index contributed by atoms with van der Waals surface area (Å²) < 4.78 is 3.23. The number of aliphatic imine (C=N–C) groups is 1. The van der Waals surface area contributed by atoms with Gasteiger partial charge in [-0.1, -0.05) is 12.1 Å². The van der Waals surface area contributed by atoms with Crippen LogP contribution < -0.4 is 4.72 Å². The van der Waals surface area contributed by atoms with Gasteiger partial charge in [0.1, 0.15) is 5.84 Å². The van der Waals surface area contributed by atoms with Crippen molar-refractivity contribution >= 4 is 34.4 Å². The molecular formula is C22H16N4S. The molecular weight excluding hydrogens is 352 g/mol. The zero-order chi connectivity index (χ0) is 18.2. The molecule has 0 fully saturated rings. The number of fused-ring (bicyclic) bond motifs is 2. The predicted octanol–water partition coefficient (Wildman–Crippen LogP) is 5.62. The third-order valence-corrected chi connectivity index (χ3v) is 5.57. The average molecular weight is 368 g/mol. The molecule has 130 valence electrons. The first kappa shape index (κ1) is 16.0. The van der Waals surface area contributed by atoms with E-state index in [0.29, 0.717) is 0 Å². The highest BCUT2D eigenvalue weighted by atomic mass is 32.2. The van der Waals surface area contributed by atoms with Crippen LogP contribution in [0.5, 0.6) is 0 Å². The van der Waals surface area contributed by atoms with E-state index < -0.39 is 0 Å². The molecule has 1 aliphatic rings. The van der Waals surface area contributed by atoms with E-state index in [9.17, 15) is 0 Å². The van der Waals surface area contributed by atoms with E-state index in [1.54, 1.807) is 11.9 Å². The van der Waals surface area contributed by atoms with Crippen molar-refractivity contribution in [3.05, 3.63) is 73.2 Å². The Kier molecular flexibility index (Phi) is 3.87. The van der Waals surface area contributed by atoms with Crippen LogP contribution in [0, 0.1) is 0 Å². The summed E-state index contributed by atoms with van der Waals surface area (Å²) in [6.45, 7) is 1.97. The Labute approximate surface area is 161 Å². The second-order valence-corrected chi connectivity index (χ2v) is 7.26. The summed E-state index contributed by atoms with van der Waals surface area (Å²) >= 11 is 1.61. The molecule has 0 spiro atoms. The Bertz CT molecular complexity index is 1190. The predicted molar refractivity (Wildman–Crippen MR) is 112 cm³/mol. The number of aromatic nitrogens is 2. The monoisotopic (exact) mass is 368 g/mol. The zero-order valence-corrected chi connectivity index (χ0v) is 15.5. The van der Waals surface area contributed by atoms with Gasteiger partial charge >= 0.3 is 0 Å². The van der Waals surface area contributed by atoms with Crippen LogP contribution in [0.25, 0.3) is 33.2 Å². The molecule has 2 aromatic carbocycles. The summed E-state index contributed by atoms with van der Waals surface area (Å²) in [5.41, 5.74) is 6.65. The van der Waals surface area contributed by atoms with Crippen LogP contribution in [0.2, 0.25) is 0 Å². The molecule has 1 N–H and O–H groups in total. The number of rotatable bonds is 2. The molecule has 27 heavy (non-hydrogen) atoms. The summed E-state index contributed by atoms with van der Waals surface area (Å²) in [7, 11) is 0. The van der Waals surface area contributed by atoms with Crippen molar-refractivity contribution < 1.29 is 0 Å². The molecule has 0 amide bonds. The molecule has 0 atom stereocenters. The molecule has 0 bridgehead atoms. The zero-order valence-electron chi connectivity index (χ0n) is 14.7. The van der Waals surface area contributed by atoms with Gasteiger partial charge in [0.15, 0.2) is 0 Å². The number of nitrogens with zero attached hydrogens (tertiary/aromatic N) is 3. The molecule has 4 aromatic rings. The lowest BCUT2D eigenvalue weighted by atomic mass is 9.98. The van der Waals surface area contributed by atoms with E-state index in [1.165, 1.54) is 16.7 Å². The van der Waals surface area contributed by atoms with E-state index in [4.69, 9.17) is 0 Å². The van der Waals surface area contributed by atoms with E-state index in [0.717, 1.165) is 32.9 Å². The Morgan fingerprint density at radius 1 is 0.815 bits per heavy atom. The van der Waals surface area contributed by atoms with Gasteiger partial charge in [0, 0.05) is 24.0 Å². The normalized spacial score (nSPS) is 13.0. The molecule has 0 unspecified atom stereocenters. The van der Waals surface area contributed by atoms with Gasteiger partial charge < -0.3 is 4.72 Å². The average Bonchev–Trinajstić information content (AvgIpc) is 2.73. The summed E-state index contributed by atoms with van der Waals surface area (Å²) in [5.74, 6) is 0.930. The maximum atomic E-state index is 4.55. The van der Waals surface area contributed by atoms with Gasteiger partial charge in [-0.05, 0) is 83.6 Å². The van der Waals surface area contributed by atoms with Crippen LogP contribution in [0.4, 0.5) is 5.69 Å². The highest BCUT2D eigenvalue weighted by Gasteiger charge is 2.12. The maximum Gasteiger partial charge on any atom is 0.109 e. The van der Waals surface area contributed by atoms with Gasteiger partial charge in [-0.3, -0.25) is 9.97 Å². The van der Waals surface area contributed by atoms with Crippen LogP contribution in [0.3, 0.4) is 0 Å². The fourth-order valence-corrected chi connectivity index (χ4v) is 4.02. The first-order valence-corrected chi connectivity index (χ1v) is 9.51. The van der Waals surface area contributed by atoms with Crippen molar-refractivity contribution in [2.24, 2.45) is 4.99 Å². The molecule has 5 heteroatoms. The van der Waals surface area contributed by atoms with E-state index in [-0.39, 0.29) is 0 Å². The maximum absolute atomic E-state index is 4.55. The fourth-order valence-electron chi connectivity index (χ4n) is 3.31. The van der Waals surface area contributed by atoms with Crippen LogP contribution in [0.1, 0.15) is 6.92 Å². The van der Waals surface area contributed by atoms with Gasteiger partial charge in [-0.2, -0.15) is 0 Å². The molecule has 0 aliphatic carbocycles. The van der Waals surface area contributed by atoms with E-state index in [2.05, 4.69) is 62.1 Å². The largest absolute Gasteiger partial charge is 0.314 e. The van der Waals surface area contributed by atoms with E-state index >= 15 is 0 Å². The number of nitrogens with one attached hydrogen (secondary N) is 1. The quantitative estimate of drug-likeness (QED) is 0.466. The summed E-state index contributed by atoms with van der Waals surface area (Å²) in [5, 5.41) is 1.14. The topological polar surface area (TPSA) is 50.2 Å². The lowest BCUT2D eigenvalue weighted by molar-refractivity contribution is 1.27. The van der Waals surface area contributed by atoms with Crippen molar-refractivity contribution in [2.75, 3.05) is 0 Å². The lowest BCUT2D eigenvalue weighted by Crippen LogP contribution is -2.13. The van der Waals surface area contributed by atoms with Gasteiger partial charge in [0.05, 0.1) is 16.1 Å². The smallest absolute Gasteiger partial charge is 0.109 e. The standard InChI is InChI=1S/C22H16N4S/c1-14-25-21-5-3-17(13-22(21)27-26-14)16-2-4-20-19(12-16)18(8-11-24-20)15-6-9-23-10-7-15/h2-13H,1H3,(H,25,26). The van der Waals surface area contributed by atoms with Crippen LogP contribution in [-0.2, 0) is 0 Å². The van der Waals surface area contributed by atoms with Gasteiger partial charge in [-0.25, -0.2) is 4.99 Å². The third kappa shape index (κ3) is 2.96. The Hall–Kier alpha value is -3.18. The molecule has 1 aliphatic heterocycles. The van der Waals surface area contributed by atoms with Crippen molar-refractivity contribution in [1.29, 1.82) is 0 Å². The summed E-state index contributed by atoms with van der Waals surface area (Å²) in [6, 6.07) is 19.0. The minimum atomic E-state index is 0.930. The first-order chi connectivity index (χ1) is 13.3. The Balaban J connectivity index is 1.65. The van der Waals surface area contributed by atoms with Crippen LogP contribution in [0.15, 0.2) is 83.1 Å². The van der Waals surface area contributed by atoms with Gasteiger partial charge in [-0.15, -0.1) is 0 Å². The van der Waals surface area contributed by atoms with Crippen molar-refractivity contribution in [1.82, 2.24) is 14.7 Å². The number of hydrogen-bond donors (Lipinski definition) is 1. The lowest BCUT2D eigenvalue weighted by Gasteiger charge is -2.15. The summed E-state index contributed by atoms with van der Waals surface area (Å²) in [4.78, 5) is 14.4. The van der Waals surface area contributed by atoms with E-state index in [1.807, 2.05) is 37.6 Å². The molecule has 4 nitrogen and oxygen atoms in total. The molecule has 0 saturated carbocycles. The Morgan fingerprint density at radius 2 is 1.63 bits per heavy atom. The minimum absolute atomic E-state index is 0.930. The number of hydrogen-bond acceptors (Lipinski definition) is 5. The number of pyridine rings is 2. The molecule has 3 heterocycles. The molecule has 0 saturated heterocycles. The highest BCUT2D eigenvalue weighted by Crippen LogP contribution is 2.36. The van der Waals surface area contributed by atoms with Crippen molar-refractivity contribution in [2.45, 2.75) is 11.8 Å². The van der Waals surface area contributed by atoms with Crippen LogP contribution in [-0.4, -0.2) is 15.8 Å². The Morgan fingerprint density at radius 3 is 2.52 bits per heavy atom. The molecule has 0 radical (unpaired) electrons. The third-order valence-electron chi connectivity index (χ3n) is 4.62. The second kappa shape index (κ2) is 6.52. The second-order valence-electron chi connectivity index (χ2n) is 6.41. The van der Waals surface area contributed by atoms with Crippen LogP contribution >= 0.6 is 11.9 Å². The summed E-state index contributed by atoms with van der Waals surface area (Å²) in [6.07, 6.45) is 5.50. The fraction of sp³-hybridized carbons (Fsp3) is 0.0455. The van der Waals surface area contributed by atoms with Gasteiger partial charge in [0.25, 0.3) is 0 Å². The van der Waals surface area contributed by atoms with Gasteiger partial charge in [0.2, 0.25) is 0 Å². The highest BCUT2D eigenvalue weighted by molar-refractivity contribution is 7.98. The molecule has 2 aromatic heterocycles. The first-order valence-electron chi connectivity index (χ1n) is 8.70. The number of amidine groups is 1. The number of benzene rings is 2. The van der Waals surface area contributed by atoms with Crippen molar-refractivity contribution in [3.63, 3.8) is 0 Å². The molecule has 5 rings (SSSR count).